The predicted molar refractivity (Wildman–Crippen MR) is 96.2 cm³/mol. The molecule has 5 nitrogen and oxygen atoms in total. The number of amides is 3. The van der Waals surface area contributed by atoms with Crippen molar-refractivity contribution in [1.29, 1.82) is 0 Å². The number of carbonyl (C=O) groups is 3. The number of fused-ring (bicyclic) bond motifs is 6. The van der Waals surface area contributed by atoms with Gasteiger partial charge >= 0.3 is 0 Å². The Labute approximate surface area is 152 Å². The highest BCUT2D eigenvalue weighted by Crippen LogP contribution is 2.52. The van der Waals surface area contributed by atoms with Crippen molar-refractivity contribution in [3.63, 3.8) is 0 Å². The Morgan fingerprint density at radius 3 is 2.46 bits per heavy atom. The molecule has 1 saturated carbocycles. The lowest BCUT2D eigenvalue weighted by atomic mass is 9.85. The van der Waals surface area contributed by atoms with Crippen LogP contribution in [0.4, 0.5) is 5.69 Å². The van der Waals surface area contributed by atoms with Gasteiger partial charge in [-0.2, -0.15) is 0 Å². The zero-order valence-corrected chi connectivity index (χ0v) is 14.6. The van der Waals surface area contributed by atoms with E-state index in [0.717, 1.165) is 31.4 Å². The third-order valence-corrected chi connectivity index (χ3v) is 6.53. The lowest BCUT2D eigenvalue weighted by molar-refractivity contribution is -0.143. The predicted octanol–water partition coefficient (Wildman–Crippen LogP) is 2.31. The van der Waals surface area contributed by atoms with Gasteiger partial charge in [0.15, 0.2) is 0 Å². The molecule has 134 valence electrons. The van der Waals surface area contributed by atoms with Crippen LogP contribution in [0.1, 0.15) is 30.4 Å². The van der Waals surface area contributed by atoms with Crippen molar-refractivity contribution >= 4 is 23.4 Å². The van der Waals surface area contributed by atoms with Gasteiger partial charge in [0.2, 0.25) is 17.7 Å². The van der Waals surface area contributed by atoms with Gasteiger partial charge in [-0.3, -0.25) is 19.3 Å². The summed E-state index contributed by atoms with van der Waals surface area (Å²) in [6.45, 7) is -0.173. The molecular formula is C21H22N2O3. The van der Waals surface area contributed by atoms with E-state index in [9.17, 15) is 14.4 Å². The van der Waals surface area contributed by atoms with Crippen LogP contribution in [0, 0.1) is 23.7 Å². The minimum Gasteiger partial charge on any atom is -0.324 e. The molecule has 1 aliphatic heterocycles. The molecule has 26 heavy (non-hydrogen) atoms. The molecule has 1 aromatic carbocycles. The van der Waals surface area contributed by atoms with Crippen molar-refractivity contribution in [1.82, 2.24) is 4.90 Å². The molecule has 1 saturated heterocycles. The van der Waals surface area contributed by atoms with Gasteiger partial charge in [0.25, 0.3) is 0 Å². The number of anilines is 1. The average Bonchev–Trinajstić information content (AvgIpc) is 3.32. The van der Waals surface area contributed by atoms with E-state index in [1.54, 1.807) is 0 Å². The first-order valence-corrected chi connectivity index (χ1v) is 9.57. The van der Waals surface area contributed by atoms with Gasteiger partial charge in [-0.05, 0) is 61.1 Å². The van der Waals surface area contributed by atoms with Gasteiger partial charge in [0.05, 0.1) is 11.8 Å². The number of hydrogen-bond acceptors (Lipinski definition) is 3. The zero-order chi connectivity index (χ0) is 17.8. The molecule has 0 aromatic heterocycles. The molecule has 0 spiro atoms. The van der Waals surface area contributed by atoms with Crippen LogP contribution in [0.25, 0.3) is 0 Å². The van der Waals surface area contributed by atoms with Gasteiger partial charge < -0.3 is 5.32 Å². The van der Waals surface area contributed by atoms with Crippen molar-refractivity contribution in [2.75, 3.05) is 11.9 Å². The topological polar surface area (TPSA) is 66.5 Å². The third-order valence-electron chi connectivity index (χ3n) is 6.53. The van der Waals surface area contributed by atoms with E-state index in [4.69, 9.17) is 0 Å². The van der Waals surface area contributed by atoms with Gasteiger partial charge in [-0.25, -0.2) is 0 Å². The molecule has 1 aromatic rings. The van der Waals surface area contributed by atoms with Crippen LogP contribution in [0.2, 0.25) is 0 Å². The first-order chi connectivity index (χ1) is 12.6. The van der Waals surface area contributed by atoms with E-state index >= 15 is 0 Å². The summed E-state index contributed by atoms with van der Waals surface area (Å²) in [7, 11) is 0. The fraction of sp³-hybridized carbons (Fsp3) is 0.476. The molecule has 1 N–H and O–H groups in total. The molecule has 3 aliphatic carbocycles. The average molecular weight is 350 g/mol. The summed E-state index contributed by atoms with van der Waals surface area (Å²) >= 11 is 0. The van der Waals surface area contributed by atoms with E-state index < -0.39 is 0 Å². The second kappa shape index (κ2) is 5.79. The summed E-state index contributed by atoms with van der Waals surface area (Å²) < 4.78 is 0. The Kier molecular flexibility index (Phi) is 3.52. The normalized spacial score (nSPS) is 31.3. The number of nitrogens with zero attached hydrogens (tertiary/aromatic N) is 1. The number of allylic oxidation sites excluding steroid dienone is 2. The molecular weight excluding hydrogens is 328 g/mol. The van der Waals surface area contributed by atoms with Gasteiger partial charge in [-0.1, -0.05) is 24.3 Å². The second-order valence-electron chi connectivity index (χ2n) is 7.96. The van der Waals surface area contributed by atoms with Crippen molar-refractivity contribution in [3.05, 3.63) is 41.5 Å². The number of rotatable bonds is 3. The Balaban J connectivity index is 1.31. The lowest BCUT2D eigenvalue weighted by Gasteiger charge is -2.21. The zero-order valence-electron chi connectivity index (χ0n) is 14.6. The molecule has 5 heteroatoms. The number of likely N-dealkylation sites (tertiary alicyclic amines) is 1. The van der Waals surface area contributed by atoms with Crippen LogP contribution in [-0.2, 0) is 27.2 Å². The van der Waals surface area contributed by atoms with Gasteiger partial charge in [-0.15, -0.1) is 0 Å². The SMILES string of the molecule is O=C(CN1C(=O)[C@@H]2[C@@H](C1=O)[C@H]1C=C[C@@H]2C1)Nc1cccc2c1CCCC2. The van der Waals surface area contributed by atoms with Crippen molar-refractivity contribution in [2.45, 2.75) is 32.1 Å². The molecule has 1 heterocycles. The lowest BCUT2D eigenvalue weighted by Crippen LogP contribution is -2.39. The fourth-order valence-corrected chi connectivity index (χ4v) is 5.35. The van der Waals surface area contributed by atoms with Crippen molar-refractivity contribution < 1.29 is 14.4 Å². The number of nitrogens with one attached hydrogen (secondary N) is 1. The van der Waals surface area contributed by atoms with Gasteiger partial charge in [0.1, 0.15) is 6.54 Å². The number of benzene rings is 1. The first kappa shape index (κ1) is 15.8. The highest BCUT2D eigenvalue weighted by Gasteiger charge is 2.59. The fourth-order valence-electron chi connectivity index (χ4n) is 5.35. The van der Waals surface area contributed by atoms with Crippen LogP contribution in [-0.4, -0.2) is 29.2 Å². The summed E-state index contributed by atoms with van der Waals surface area (Å²) in [5, 5.41) is 2.94. The van der Waals surface area contributed by atoms with E-state index in [-0.39, 0.29) is 47.9 Å². The highest BCUT2D eigenvalue weighted by atomic mass is 16.2. The van der Waals surface area contributed by atoms with E-state index in [2.05, 4.69) is 23.5 Å². The number of aryl methyl sites for hydroxylation is 1. The molecule has 5 rings (SSSR count). The Morgan fingerprint density at radius 2 is 1.73 bits per heavy atom. The highest BCUT2D eigenvalue weighted by molar-refractivity contribution is 6.09. The molecule has 0 unspecified atom stereocenters. The largest absolute Gasteiger partial charge is 0.324 e. The van der Waals surface area contributed by atoms with Gasteiger partial charge in [0, 0.05) is 5.69 Å². The van der Waals surface area contributed by atoms with E-state index in [1.807, 2.05) is 12.1 Å². The van der Waals surface area contributed by atoms with E-state index in [0.29, 0.717) is 0 Å². The van der Waals surface area contributed by atoms with E-state index in [1.165, 1.54) is 22.4 Å². The van der Waals surface area contributed by atoms with Crippen molar-refractivity contribution in [2.24, 2.45) is 23.7 Å². The quantitative estimate of drug-likeness (QED) is 0.672. The number of hydrogen-bond donors (Lipinski definition) is 1. The van der Waals surface area contributed by atoms with Crippen LogP contribution < -0.4 is 5.32 Å². The minimum absolute atomic E-state index is 0.165. The maximum Gasteiger partial charge on any atom is 0.244 e. The monoisotopic (exact) mass is 350 g/mol. The third kappa shape index (κ3) is 2.26. The van der Waals surface area contributed by atoms with Crippen LogP contribution in [0.3, 0.4) is 0 Å². The summed E-state index contributed by atoms with van der Waals surface area (Å²) in [5.74, 6) is -0.744. The summed E-state index contributed by atoms with van der Waals surface area (Å²) in [5.41, 5.74) is 3.32. The Bertz CT molecular complexity index is 814. The smallest absolute Gasteiger partial charge is 0.244 e. The number of carbonyl (C=O) groups excluding carboxylic acids is 3. The molecule has 4 aliphatic rings. The summed E-state index contributed by atoms with van der Waals surface area (Å²) in [6, 6.07) is 5.98. The molecule has 2 bridgehead atoms. The minimum atomic E-state index is -0.286. The second-order valence-corrected chi connectivity index (χ2v) is 7.96. The molecule has 4 atom stereocenters. The maximum absolute atomic E-state index is 12.7. The van der Waals surface area contributed by atoms with Crippen LogP contribution >= 0.6 is 0 Å². The standard InChI is InChI=1S/C21H22N2O3/c24-17(22-16-7-3-5-12-4-1-2-6-15(12)16)11-23-20(25)18-13-8-9-14(10-13)19(18)21(23)26/h3,5,7-9,13-14,18-19H,1-2,4,6,10-11H2,(H,22,24)/t13-,14+,18-,19-/m0/s1. The van der Waals surface area contributed by atoms with Crippen LogP contribution in [0.5, 0.6) is 0 Å². The summed E-state index contributed by atoms with van der Waals surface area (Å²) in [6.07, 6.45) is 9.35. The summed E-state index contributed by atoms with van der Waals surface area (Å²) in [4.78, 5) is 39.2. The molecule has 3 amide bonds. The molecule has 2 fully saturated rings. The van der Waals surface area contributed by atoms with Crippen molar-refractivity contribution in [3.8, 4) is 0 Å². The maximum atomic E-state index is 12.7. The number of imide groups is 1. The first-order valence-electron chi connectivity index (χ1n) is 9.57. The Morgan fingerprint density at radius 1 is 1.04 bits per heavy atom. The Hall–Kier alpha value is -2.43. The van der Waals surface area contributed by atoms with Crippen LogP contribution in [0.15, 0.2) is 30.4 Å². The molecule has 0 radical (unpaired) electrons.